The minimum atomic E-state index is 0.473. The van der Waals surface area contributed by atoms with Crippen molar-refractivity contribution in [3.8, 4) is 0 Å². The molecule has 0 amide bonds. The van der Waals surface area contributed by atoms with Gasteiger partial charge in [0, 0.05) is 19.1 Å². The van der Waals surface area contributed by atoms with Crippen LogP contribution in [0.1, 0.15) is 55.8 Å². The molecular weight excluding hydrogens is 256 g/mol. The first-order chi connectivity index (χ1) is 10.1. The van der Waals surface area contributed by atoms with Crippen molar-refractivity contribution in [3.63, 3.8) is 0 Å². The molecule has 1 aromatic carbocycles. The van der Waals surface area contributed by atoms with Gasteiger partial charge in [0.15, 0.2) is 0 Å². The molecule has 2 rings (SSSR count). The van der Waals surface area contributed by atoms with Gasteiger partial charge >= 0.3 is 0 Å². The highest BCUT2D eigenvalue weighted by Crippen LogP contribution is 2.25. The van der Waals surface area contributed by atoms with Gasteiger partial charge in [0.1, 0.15) is 0 Å². The van der Waals surface area contributed by atoms with Gasteiger partial charge in [-0.05, 0) is 56.8 Å². The third kappa shape index (κ3) is 4.55. The first kappa shape index (κ1) is 16.5. The quantitative estimate of drug-likeness (QED) is 0.813. The second-order valence-corrected chi connectivity index (χ2v) is 6.69. The molecule has 0 aromatic heterocycles. The predicted molar refractivity (Wildman–Crippen MR) is 91.8 cm³/mol. The van der Waals surface area contributed by atoms with Gasteiger partial charge in [-0.25, -0.2) is 0 Å². The predicted octanol–water partition coefficient (Wildman–Crippen LogP) is 4.08. The van der Waals surface area contributed by atoms with Gasteiger partial charge < -0.3 is 10.2 Å². The fraction of sp³-hybridized carbons (Fsp3) is 0.684. The Kier molecular flexibility index (Phi) is 6.25. The molecule has 0 radical (unpaired) electrons. The third-order valence-electron chi connectivity index (χ3n) is 4.84. The summed E-state index contributed by atoms with van der Waals surface area (Å²) < 4.78 is 0. The summed E-state index contributed by atoms with van der Waals surface area (Å²) in [6, 6.07) is 7.33. The highest BCUT2D eigenvalue weighted by molar-refractivity contribution is 5.33. The third-order valence-corrected chi connectivity index (χ3v) is 4.84. The summed E-state index contributed by atoms with van der Waals surface area (Å²) in [6.45, 7) is 13.8. The van der Waals surface area contributed by atoms with Crippen molar-refractivity contribution in [1.82, 2.24) is 10.2 Å². The van der Waals surface area contributed by atoms with Crippen LogP contribution in [0.25, 0.3) is 0 Å². The molecule has 1 aliphatic heterocycles. The molecule has 2 unspecified atom stereocenters. The molecule has 1 N–H and O–H groups in total. The van der Waals surface area contributed by atoms with Crippen LogP contribution < -0.4 is 5.32 Å². The van der Waals surface area contributed by atoms with Crippen LogP contribution in [-0.2, 0) is 0 Å². The van der Waals surface area contributed by atoms with Gasteiger partial charge in [0.25, 0.3) is 0 Å². The summed E-state index contributed by atoms with van der Waals surface area (Å²) in [4.78, 5) is 2.66. The fourth-order valence-corrected chi connectivity index (χ4v) is 3.40. The average Bonchev–Trinajstić information content (AvgIpc) is 2.94. The van der Waals surface area contributed by atoms with Crippen molar-refractivity contribution in [2.75, 3.05) is 26.2 Å². The monoisotopic (exact) mass is 288 g/mol. The van der Waals surface area contributed by atoms with Gasteiger partial charge in [-0.15, -0.1) is 0 Å². The Morgan fingerprint density at radius 3 is 2.76 bits per heavy atom. The molecule has 0 spiro atoms. The molecule has 1 aromatic rings. The van der Waals surface area contributed by atoms with E-state index in [9.17, 15) is 0 Å². The van der Waals surface area contributed by atoms with E-state index in [1.807, 2.05) is 0 Å². The number of rotatable bonds is 7. The lowest BCUT2D eigenvalue weighted by Crippen LogP contribution is -2.35. The lowest BCUT2D eigenvalue weighted by atomic mass is 9.98. The van der Waals surface area contributed by atoms with Crippen LogP contribution in [0.3, 0.4) is 0 Å². The van der Waals surface area contributed by atoms with Crippen LogP contribution in [-0.4, -0.2) is 31.1 Å². The molecular formula is C19H32N2. The number of hydrogen-bond acceptors (Lipinski definition) is 2. The number of benzene rings is 1. The van der Waals surface area contributed by atoms with E-state index in [0.717, 1.165) is 19.0 Å². The van der Waals surface area contributed by atoms with Gasteiger partial charge in [-0.3, -0.25) is 0 Å². The summed E-state index contributed by atoms with van der Waals surface area (Å²) in [5.74, 6) is 0.912. The van der Waals surface area contributed by atoms with Crippen molar-refractivity contribution >= 4 is 0 Å². The minimum absolute atomic E-state index is 0.473. The molecule has 2 nitrogen and oxygen atoms in total. The van der Waals surface area contributed by atoms with E-state index in [1.54, 1.807) is 0 Å². The van der Waals surface area contributed by atoms with Crippen molar-refractivity contribution in [2.24, 2.45) is 5.92 Å². The first-order valence-electron chi connectivity index (χ1n) is 8.66. The van der Waals surface area contributed by atoms with E-state index < -0.39 is 0 Å². The Labute approximate surface area is 130 Å². The molecule has 21 heavy (non-hydrogen) atoms. The Morgan fingerprint density at radius 1 is 1.29 bits per heavy atom. The van der Waals surface area contributed by atoms with Gasteiger partial charge in [-0.2, -0.15) is 0 Å². The maximum atomic E-state index is 3.77. The number of nitrogens with one attached hydrogen (secondary N) is 1. The Hall–Kier alpha value is -0.860. The van der Waals surface area contributed by atoms with Crippen LogP contribution in [0.4, 0.5) is 0 Å². The first-order valence-corrected chi connectivity index (χ1v) is 8.66. The number of aryl methyl sites for hydroxylation is 2. The summed E-state index contributed by atoms with van der Waals surface area (Å²) in [6.07, 6.45) is 3.90. The number of likely N-dealkylation sites (tertiary alicyclic amines) is 1. The van der Waals surface area contributed by atoms with Crippen LogP contribution in [0.15, 0.2) is 18.2 Å². The van der Waals surface area contributed by atoms with Crippen molar-refractivity contribution in [2.45, 2.75) is 53.0 Å². The summed E-state index contributed by atoms with van der Waals surface area (Å²) in [7, 11) is 0. The van der Waals surface area contributed by atoms with E-state index in [0.29, 0.717) is 6.04 Å². The minimum Gasteiger partial charge on any atom is -0.309 e. The second-order valence-electron chi connectivity index (χ2n) is 6.69. The standard InChI is InChI=1S/C19H32N2/c1-5-10-20-19(14-21-11-9-17(6-2)13-21)18-12-15(3)7-8-16(18)4/h7-8,12,17,19-20H,5-6,9-11,13-14H2,1-4H3. The zero-order valence-corrected chi connectivity index (χ0v) is 14.3. The normalized spacial score (nSPS) is 20.9. The Bertz CT molecular complexity index is 441. The van der Waals surface area contributed by atoms with Crippen molar-refractivity contribution in [3.05, 3.63) is 34.9 Å². The van der Waals surface area contributed by atoms with E-state index in [1.165, 1.54) is 49.0 Å². The van der Waals surface area contributed by atoms with E-state index in [2.05, 4.69) is 56.1 Å². The van der Waals surface area contributed by atoms with Gasteiger partial charge in [-0.1, -0.05) is 44.0 Å². The number of nitrogens with zero attached hydrogens (tertiary/aromatic N) is 1. The molecule has 1 saturated heterocycles. The highest BCUT2D eigenvalue weighted by Gasteiger charge is 2.24. The highest BCUT2D eigenvalue weighted by atomic mass is 15.2. The fourth-order valence-electron chi connectivity index (χ4n) is 3.40. The lowest BCUT2D eigenvalue weighted by Gasteiger charge is -2.27. The van der Waals surface area contributed by atoms with Gasteiger partial charge in [0.05, 0.1) is 0 Å². The summed E-state index contributed by atoms with van der Waals surface area (Å²) >= 11 is 0. The maximum Gasteiger partial charge on any atom is 0.0452 e. The summed E-state index contributed by atoms with van der Waals surface area (Å²) in [5, 5.41) is 3.77. The van der Waals surface area contributed by atoms with Crippen molar-refractivity contribution < 1.29 is 0 Å². The molecule has 0 bridgehead atoms. The molecule has 118 valence electrons. The van der Waals surface area contributed by atoms with Crippen LogP contribution in [0.5, 0.6) is 0 Å². The molecule has 1 fully saturated rings. The Morgan fingerprint density at radius 2 is 2.10 bits per heavy atom. The van der Waals surface area contributed by atoms with Gasteiger partial charge in [0.2, 0.25) is 0 Å². The topological polar surface area (TPSA) is 15.3 Å². The van der Waals surface area contributed by atoms with Crippen LogP contribution in [0, 0.1) is 19.8 Å². The summed E-state index contributed by atoms with van der Waals surface area (Å²) in [5.41, 5.74) is 4.27. The van der Waals surface area contributed by atoms with Crippen molar-refractivity contribution in [1.29, 1.82) is 0 Å². The van der Waals surface area contributed by atoms with E-state index >= 15 is 0 Å². The lowest BCUT2D eigenvalue weighted by molar-refractivity contribution is 0.281. The smallest absolute Gasteiger partial charge is 0.0452 e. The van der Waals surface area contributed by atoms with E-state index in [-0.39, 0.29) is 0 Å². The molecule has 0 saturated carbocycles. The molecule has 1 heterocycles. The SMILES string of the molecule is CCCNC(CN1CCC(CC)C1)c1cc(C)ccc1C. The molecule has 1 aliphatic rings. The second kappa shape index (κ2) is 7.95. The van der Waals surface area contributed by atoms with Crippen LogP contribution in [0.2, 0.25) is 0 Å². The zero-order chi connectivity index (χ0) is 15.2. The largest absolute Gasteiger partial charge is 0.309 e. The Balaban J connectivity index is 2.08. The molecule has 0 aliphatic carbocycles. The van der Waals surface area contributed by atoms with E-state index in [4.69, 9.17) is 0 Å². The number of hydrogen-bond donors (Lipinski definition) is 1. The maximum absolute atomic E-state index is 3.77. The zero-order valence-electron chi connectivity index (χ0n) is 14.3. The van der Waals surface area contributed by atoms with Crippen LogP contribution >= 0.6 is 0 Å². The average molecular weight is 288 g/mol. The molecule has 2 atom stereocenters. The molecule has 2 heteroatoms.